The molecule has 1 saturated heterocycles. The lowest BCUT2D eigenvalue weighted by atomic mass is 10.2. The molecule has 0 saturated carbocycles. The summed E-state index contributed by atoms with van der Waals surface area (Å²) in [5, 5.41) is 17.9. The molecular weight excluding hydrogens is 324 g/mol. The van der Waals surface area contributed by atoms with Crippen LogP contribution in [0.3, 0.4) is 0 Å². The van der Waals surface area contributed by atoms with Gasteiger partial charge in [0.1, 0.15) is 11.5 Å². The van der Waals surface area contributed by atoms with Crippen LogP contribution in [0, 0.1) is 17.0 Å². The Hall–Kier alpha value is -2.97. The Bertz CT molecular complexity index is 803. The normalized spacial score (nSPS) is 16.9. The van der Waals surface area contributed by atoms with Gasteiger partial charge in [-0.15, -0.1) is 0 Å². The Kier molecular flexibility index (Phi) is 4.64. The second kappa shape index (κ2) is 6.88. The number of rotatable bonds is 5. The third kappa shape index (κ3) is 3.59. The van der Waals surface area contributed by atoms with E-state index in [1.165, 1.54) is 12.3 Å². The highest BCUT2D eigenvalue weighted by molar-refractivity contribution is 5.93. The molecule has 132 valence electrons. The van der Waals surface area contributed by atoms with E-state index in [1.807, 2.05) is 0 Å². The van der Waals surface area contributed by atoms with Crippen LogP contribution in [0.1, 0.15) is 28.9 Å². The number of amides is 1. The molecule has 1 aliphatic heterocycles. The Morgan fingerprint density at radius 1 is 1.48 bits per heavy atom. The summed E-state index contributed by atoms with van der Waals surface area (Å²) in [5.41, 5.74) is 0.938. The van der Waals surface area contributed by atoms with E-state index >= 15 is 0 Å². The number of nitrogens with one attached hydrogen (secondary N) is 1. The molecule has 1 N–H and O–H groups in total. The van der Waals surface area contributed by atoms with E-state index in [0.29, 0.717) is 23.6 Å². The predicted octanol–water partition coefficient (Wildman–Crippen LogP) is 1.43. The van der Waals surface area contributed by atoms with Crippen LogP contribution >= 0.6 is 0 Å². The minimum absolute atomic E-state index is 0.0179. The molecule has 3 rings (SSSR count). The average Bonchev–Trinajstić information content (AvgIpc) is 3.21. The Morgan fingerprint density at radius 3 is 2.92 bits per heavy atom. The van der Waals surface area contributed by atoms with Gasteiger partial charge in [0.15, 0.2) is 0 Å². The fourth-order valence-corrected chi connectivity index (χ4v) is 3.09. The van der Waals surface area contributed by atoms with Crippen LogP contribution < -0.4 is 10.2 Å². The van der Waals surface area contributed by atoms with Crippen LogP contribution in [-0.2, 0) is 7.05 Å². The van der Waals surface area contributed by atoms with Gasteiger partial charge < -0.3 is 10.2 Å². The molecule has 3 heterocycles. The van der Waals surface area contributed by atoms with E-state index in [0.717, 1.165) is 19.4 Å². The van der Waals surface area contributed by atoms with Crippen molar-refractivity contribution in [3.63, 3.8) is 0 Å². The highest BCUT2D eigenvalue weighted by Crippen LogP contribution is 2.26. The first kappa shape index (κ1) is 16.9. The molecule has 0 radical (unpaired) electrons. The molecule has 0 spiro atoms. The lowest BCUT2D eigenvalue weighted by Gasteiger charge is -2.26. The number of pyridine rings is 1. The predicted molar refractivity (Wildman–Crippen MR) is 91.5 cm³/mol. The molecule has 0 aliphatic carbocycles. The summed E-state index contributed by atoms with van der Waals surface area (Å²) in [4.78, 5) is 29.1. The first-order valence-electron chi connectivity index (χ1n) is 8.11. The van der Waals surface area contributed by atoms with Crippen molar-refractivity contribution in [3.05, 3.63) is 45.9 Å². The second-order valence-electron chi connectivity index (χ2n) is 6.13. The summed E-state index contributed by atoms with van der Waals surface area (Å²) >= 11 is 0. The molecule has 25 heavy (non-hydrogen) atoms. The topological polar surface area (TPSA) is 106 Å². The van der Waals surface area contributed by atoms with Gasteiger partial charge in [-0.1, -0.05) is 0 Å². The van der Waals surface area contributed by atoms with Gasteiger partial charge in [-0.3, -0.25) is 19.6 Å². The zero-order valence-corrected chi connectivity index (χ0v) is 14.2. The summed E-state index contributed by atoms with van der Waals surface area (Å²) in [5.74, 6) is 0.550. The van der Waals surface area contributed by atoms with Crippen molar-refractivity contribution in [2.45, 2.75) is 25.8 Å². The summed E-state index contributed by atoms with van der Waals surface area (Å²) in [6.07, 6.45) is 5.13. The van der Waals surface area contributed by atoms with Gasteiger partial charge in [-0.2, -0.15) is 5.10 Å². The van der Waals surface area contributed by atoms with Gasteiger partial charge in [-0.05, 0) is 25.8 Å². The van der Waals surface area contributed by atoms with Crippen LogP contribution in [0.4, 0.5) is 11.5 Å². The fraction of sp³-hybridized carbons (Fsp3) is 0.438. The molecule has 9 heteroatoms. The minimum Gasteiger partial charge on any atom is -0.352 e. The number of hydrogen-bond donors (Lipinski definition) is 1. The third-order valence-electron chi connectivity index (χ3n) is 4.38. The van der Waals surface area contributed by atoms with E-state index in [1.54, 1.807) is 30.9 Å². The maximum Gasteiger partial charge on any atom is 0.290 e. The van der Waals surface area contributed by atoms with Gasteiger partial charge in [0, 0.05) is 38.4 Å². The Labute approximate surface area is 144 Å². The lowest BCUT2D eigenvalue weighted by Crippen LogP contribution is -2.40. The highest BCUT2D eigenvalue weighted by atomic mass is 16.6. The van der Waals surface area contributed by atoms with Crippen LogP contribution in [0.5, 0.6) is 0 Å². The number of nitro groups is 1. The smallest absolute Gasteiger partial charge is 0.290 e. The van der Waals surface area contributed by atoms with Gasteiger partial charge >= 0.3 is 0 Å². The van der Waals surface area contributed by atoms with Crippen molar-refractivity contribution in [1.29, 1.82) is 0 Å². The lowest BCUT2D eigenvalue weighted by molar-refractivity contribution is -0.385. The summed E-state index contributed by atoms with van der Waals surface area (Å²) < 4.78 is 1.58. The van der Waals surface area contributed by atoms with E-state index in [-0.39, 0.29) is 17.6 Å². The van der Waals surface area contributed by atoms with E-state index in [4.69, 9.17) is 0 Å². The molecule has 9 nitrogen and oxygen atoms in total. The Morgan fingerprint density at radius 2 is 2.28 bits per heavy atom. The molecule has 1 aliphatic rings. The van der Waals surface area contributed by atoms with Gasteiger partial charge in [0.2, 0.25) is 0 Å². The molecule has 2 aromatic rings. The number of hydrogen-bond acceptors (Lipinski definition) is 6. The molecule has 1 fully saturated rings. The number of carbonyl (C=O) groups excluding carboxylic acids is 1. The zero-order chi connectivity index (χ0) is 18.0. The van der Waals surface area contributed by atoms with Gasteiger partial charge in [-0.25, -0.2) is 4.98 Å². The molecule has 2 aromatic heterocycles. The largest absolute Gasteiger partial charge is 0.352 e. The summed E-state index contributed by atoms with van der Waals surface area (Å²) in [6, 6.07) is 3.28. The first-order valence-corrected chi connectivity index (χ1v) is 8.11. The third-order valence-corrected chi connectivity index (χ3v) is 4.38. The number of aryl methyl sites for hydroxylation is 2. The fourth-order valence-electron chi connectivity index (χ4n) is 3.09. The van der Waals surface area contributed by atoms with Gasteiger partial charge in [0.05, 0.1) is 16.7 Å². The second-order valence-corrected chi connectivity index (χ2v) is 6.13. The van der Waals surface area contributed by atoms with Crippen LogP contribution in [0.2, 0.25) is 0 Å². The summed E-state index contributed by atoms with van der Waals surface area (Å²) in [6.45, 7) is 2.94. The quantitative estimate of drug-likeness (QED) is 0.650. The first-order chi connectivity index (χ1) is 12.0. The van der Waals surface area contributed by atoms with Crippen molar-refractivity contribution in [2.75, 3.05) is 18.0 Å². The molecule has 1 atom stereocenters. The van der Waals surface area contributed by atoms with E-state index in [9.17, 15) is 14.9 Å². The van der Waals surface area contributed by atoms with Crippen molar-refractivity contribution >= 4 is 17.4 Å². The van der Waals surface area contributed by atoms with E-state index in [2.05, 4.69) is 20.3 Å². The van der Waals surface area contributed by atoms with Crippen molar-refractivity contribution in [2.24, 2.45) is 7.05 Å². The Balaban J connectivity index is 1.67. The minimum atomic E-state index is -0.429. The molecule has 0 aromatic carbocycles. The van der Waals surface area contributed by atoms with Crippen LogP contribution in [-0.4, -0.2) is 44.7 Å². The monoisotopic (exact) mass is 344 g/mol. The standard InChI is InChI=1S/C16H20N6O3/c1-11-14(22(24)25)5-6-15(19-11)21-7-3-4-13(21)9-17-16(23)12-8-18-20(2)10-12/h5-6,8,10,13H,3-4,7,9H2,1-2H3,(H,17,23)/t13-/m0/s1. The van der Waals surface area contributed by atoms with Crippen LogP contribution in [0.25, 0.3) is 0 Å². The highest BCUT2D eigenvalue weighted by Gasteiger charge is 2.27. The summed E-state index contributed by atoms with van der Waals surface area (Å²) in [7, 11) is 1.76. The van der Waals surface area contributed by atoms with Crippen molar-refractivity contribution in [1.82, 2.24) is 20.1 Å². The number of nitrogens with zero attached hydrogens (tertiary/aromatic N) is 5. The van der Waals surface area contributed by atoms with Crippen molar-refractivity contribution in [3.8, 4) is 0 Å². The number of anilines is 1. The van der Waals surface area contributed by atoms with Crippen molar-refractivity contribution < 1.29 is 9.72 Å². The molecule has 1 amide bonds. The number of carbonyl (C=O) groups is 1. The number of aromatic nitrogens is 3. The zero-order valence-electron chi connectivity index (χ0n) is 14.2. The van der Waals surface area contributed by atoms with E-state index < -0.39 is 4.92 Å². The molecule has 0 bridgehead atoms. The van der Waals surface area contributed by atoms with Gasteiger partial charge in [0.25, 0.3) is 11.6 Å². The maximum atomic E-state index is 12.2. The molecule has 0 unspecified atom stereocenters. The van der Waals surface area contributed by atoms with Crippen LogP contribution in [0.15, 0.2) is 24.5 Å². The molecular formula is C16H20N6O3. The maximum absolute atomic E-state index is 12.2. The average molecular weight is 344 g/mol. The SMILES string of the molecule is Cc1nc(N2CCC[C@H]2CNC(=O)c2cnn(C)c2)ccc1[N+](=O)[O-].